The molecule has 1 amide bonds. The molecule has 10 heteroatoms. The third-order valence-corrected chi connectivity index (χ3v) is 4.85. The summed E-state index contributed by atoms with van der Waals surface area (Å²) in [6, 6.07) is 3.48. The zero-order chi connectivity index (χ0) is 21.7. The third-order valence-electron chi connectivity index (χ3n) is 4.85. The molecule has 0 spiro atoms. The van der Waals surface area contributed by atoms with E-state index in [0.29, 0.717) is 42.4 Å². The quantitative estimate of drug-likeness (QED) is 0.703. The minimum Gasteiger partial charge on any atom is -0.489 e. The number of pyridine rings is 1. The molecule has 0 aliphatic heterocycles. The smallest absolute Gasteiger partial charge is 0.412 e. The number of anilines is 1. The predicted octanol–water partition coefficient (Wildman–Crippen LogP) is 3.10. The Kier molecular flexibility index (Phi) is 6.86. The van der Waals surface area contributed by atoms with Gasteiger partial charge in [0.15, 0.2) is 11.5 Å². The van der Waals surface area contributed by atoms with Gasteiger partial charge in [-0.05, 0) is 43.7 Å². The topological polar surface area (TPSA) is 128 Å². The summed E-state index contributed by atoms with van der Waals surface area (Å²) in [4.78, 5) is 27.6. The van der Waals surface area contributed by atoms with Gasteiger partial charge >= 0.3 is 12.1 Å². The average Bonchev–Trinajstić information content (AvgIpc) is 3.07. The number of hydrogen-bond donors (Lipinski definition) is 2. The largest absolute Gasteiger partial charge is 0.489 e. The molecular weight excluding hydrogens is 390 g/mol. The number of carboxylic acids is 1. The molecule has 0 bridgehead atoms. The fourth-order valence-corrected chi connectivity index (χ4v) is 3.30. The van der Waals surface area contributed by atoms with Crippen molar-refractivity contribution < 1.29 is 24.2 Å². The summed E-state index contributed by atoms with van der Waals surface area (Å²) in [6.07, 6.45) is 3.67. The van der Waals surface area contributed by atoms with Gasteiger partial charge in [0.25, 0.3) is 0 Å². The van der Waals surface area contributed by atoms with Crippen LogP contribution in [0.2, 0.25) is 0 Å². The lowest BCUT2D eigenvalue weighted by atomic mass is 9.87. The van der Waals surface area contributed by atoms with E-state index in [-0.39, 0.29) is 17.9 Å². The average molecular weight is 417 g/mol. The molecule has 1 fully saturated rings. The molecule has 2 atom stereocenters. The van der Waals surface area contributed by atoms with Gasteiger partial charge in [0.1, 0.15) is 5.75 Å². The van der Waals surface area contributed by atoms with Crippen molar-refractivity contribution in [1.82, 2.24) is 20.0 Å². The number of nitrogens with one attached hydrogen (secondary N) is 1. The van der Waals surface area contributed by atoms with E-state index < -0.39 is 12.1 Å². The molecule has 0 saturated heterocycles. The van der Waals surface area contributed by atoms with Gasteiger partial charge in [-0.3, -0.25) is 15.1 Å². The number of aromatic nitrogens is 4. The lowest BCUT2D eigenvalue weighted by Gasteiger charge is -2.27. The number of aliphatic carboxylic acids is 1. The summed E-state index contributed by atoms with van der Waals surface area (Å²) in [5.41, 5.74) is 0.927. The maximum atomic E-state index is 12.0. The van der Waals surface area contributed by atoms with Crippen molar-refractivity contribution in [3.05, 3.63) is 18.3 Å². The van der Waals surface area contributed by atoms with Crippen molar-refractivity contribution in [3.63, 3.8) is 0 Å². The maximum absolute atomic E-state index is 12.0. The van der Waals surface area contributed by atoms with Crippen LogP contribution in [0.4, 0.5) is 10.6 Å². The lowest BCUT2D eigenvalue weighted by molar-refractivity contribution is -0.143. The standard InChI is InChI=1S/C20H27N5O5/c1-12(2)11-29-20(28)22-18-17(23-24-25(18)3)16-8-7-15(10-21-16)30-14-6-4-5-13(9-14)19(26)27/h7-8,10,12-14H,4-6,9,11H2,1-3H3,(H,22,28)(H,26,27)/t13-,14-/m0/s1. The normalized spacial score (nSPS) is 18.8. The lowest BCUT2D eigenvalue weighted by Crippen LogP contribution is -2.29. The molecule has 162 valence electrons. The van der Waals surface area contributed by atoms with Crippen molar-refractivity contribution >= 4 is 17.9 Å². The van der Waals surface area contributed by atoms with Crippen LogP contribution in [0, 0.1) is 11.8 Å². The van der Waals surface area contributed by atoms with E-state index >= 15 is 0 Å². The summed E-state index contributed by atoms with van der Waals surface area (Å²) in [5, 5.41) is 19.9. The summed E-state index contributed by atoms with van der Waals surface area (Å²) in [6.45, 7) is 4.21. The monoisotopic (exact) mass is 417 g/mol. The second kappa shape index (κ2) is 9.55. The number of nitrogens with zero attached hydrogens (tertiary/aromatic N) is 4. The van der Waals surface area contributed by atoms with E-state index in [1.54, 1.807) is 25.4 Å². The Labute approximate surface area is 174 Å². The number of hydrogen-bond acceptors (Lipinski definition) is 7. The van der Waals surface area contributed by atoms with Gasteiger partial charge in [-0.2, -0.15) is 0 Å². The van der Waals surface area contributed by atoms with Crippen LogP contribution >= 0.6 is 0 Å². The van der Waals surface area contributed by atoms with Crippen LogP contribution in [0.15, 0.2) is 18.3 Å². The van der Waals surface area contributed by atoms with Crippen molar-refractivity contribution in [2.75, 3.05) is 11.9 Å². The van der Waals surface area contributed by atoms with Crippen LogP contribution < -0.4 is 10.1 Å². The van der Waals surface area contributed by atoms with E-state index in [0.717, 1.165) is 12.8 Å². The van der Waals surface area contributed by atoms with Crippen LogP contribution in [0.25, 0.3) is 11.4 Å². The molecule has 2 heterocycles. The molecule has 10 nitrogen and oxygen atoms in total. The van der Waals surface area contributed by atoms with Crippen molar-refractivity contribution in [1.29, 1.82) is 0 Å². The zero-order valence-electron chi connectivity index (χ0n) is 17.4. The predicted molar refractivity (Wildman–Crippen MR) is 108 cm³/mol. The van der Waals surface area contributed by atoms with Gasteiger partial charge in [0.05, 0.1) is 30.5 Å². The number of carboxylic acid groups (broad SMARTS) is 1. The second-order valence-electron chi connectivity index (χ2n) is 7.85. The number of carbonyl (C=O) groups excluding carboxylic acids is 1. The van der Waals surface area contributed by atoms with Crippen LogP contribution in [0.5, 0.6) is 5.75 Å². The molecule has 0 unspecified atom stereocenters. The molecule has 2 N–H and O–H groups in total. The van der Waals surface area contributed by atoms with Gasteiger partial charge in [-0.25, -0.2) is 9.48 Å². The van der Waals surface area contributed by atoms with Gasteiger partial charge < -0.3 is 14.6 Å². The Morgan fingerprint density at radius 1 is 1.33 bits per heavy atom. The Morgan fingerprint density at radius 3 is 2.80 bits per heavy atom. The molecule has 3 rings (SSSR count). The summed E-state index contributed by atoms with van der Waals surface area (Å²) >= 11 is 0. The van der Waals surface area contributed by atoms with Gasteiger partial charge in [0, 0.05) is 7.05 Å². The molecule has 2 aromatic rings. The fourth-order valence-electron chi connectivity index (χ4n) is 3.30. The fraction of sp³-hybridized carbons (Fsp3) is 0.550. The highest BCUT2D eigenvalue weighted by Crippen LogP contribution is 2.29. The zero-order valence-corrected chi connectivity index (χ0v) is 17.4. The number of amides is 1. The van der Waals surface area contributed by atoms with Gasteiger partial charge in [-0.1, -0.05) is 19.1 Å². The van der Waals surface area contributed by atoms with Crippen molar-refractivity contribution in [2.45, 2.75) is 45.6 Å². The van der Waals surface area contributed by atoms with Crippen LogP contribution in [0.1, 0.15) is 39.5 Å². The van der Waals surface area contributed by atoms with E-state index in [4.69, 9.17) is 9.47 Å². The van der Waals surface area contributed by atoms with E-state index in [1.807, 2.05) is 13.8 Å². The first-order valence-corrected chi connectivity index (χ1v) is 10.0. The Bertz CT molecular complexity index is 880. The van der Waals surface area contributed by atoms with Crippen molar-refractivity contribution in [3.8, 4) is 17.1 Å². The number of carbonyl (C=O) groups is 2. The molecule has 30 heavy (non-hydrogen) atoms. The SMILES string of the molecule is CC(C)COC(=O)Nc1c(-c2ccc(O[C@H]3CCC[C@H](C(=O)O)C3)cn2)nnn1C. The first kappa shape index (κ1) is 21.5. The molecule has 1 aliphatic carbocycles. The molecule has 2 aromatic heterocycles. The van der Waals surface area contributed by atoms with Crippen molar-refractivity contribution in [2.24, 2.45) is 18.9 Å². The van der Waals surface area contributed by atoms with Gasteiger partial charge in [-0.15, -0.1) is 5.10 Å². The number of rotatable bonds is 7. The van der Waals surface area contributed by atoms with E-state index in [2.05, 4.69) is 20.6 Å². The van der Waals surface area contributed by atoms with Crippen LogP contribution in [0.3, 0.4) is 0 Å². The molecular formula is C20H27N5O5. The Morgan fingerprint density at radius 2 is 2.13 bits per heavy atom. The number of ether oxygens (including phenoxy) is 2. The Balaban J connectivity index is 1.66. The summed E-state index contributed by atoms with van der Waals surface area (Å²) in [7, 11) is 1.66. The highest BCUT2D eigenvalue weighted by Gasteiger charge is 2.28. The second-order valence-corrected chi connectivity index (χ2v) is 7.85. The van der Waals surface area contributed by atoms with E-state index in [9.17, 15) is 14.7 Å². The van der Waals surface area contributed by atoms with E-state index in [1.165, 1.54) is 4.68 Å². The van der Waals surface area contributed by atoms with Gasteiger partial charge in [0.2, 0.25) is 0 Å². The van der Waals surface area contributed by atoms with Crippen LogP contribution in [-0.2, 0) is 16.6 Å². The molecule has 1 saturated carbocycles. The highest BCUT2D eigenvalue weighted by molar-refractivity contribution is 5.88. The molecule has 0 radical (unpaired) electrons. The third kappa shape index (κ3) is 5.46. The summed E-state index contributed by atoms with van der Waals surface area (Å²) in [5.74, 6) is 0.0288. The van der Waals surface area contributed by atoms with Crippen LogP contribution in [-0.4, -0.2) is 49.9 Å². The minimum absolute atomic E-state index is 0.142. The minimum atomic E-state index is -0.772. The first-order chi connectivity index (χ1) is 14.3. The molecule has 0 aromatic carbocycles. The number of aryl methyl sites for hydroxylation is 1. The first-order valence-electron chi connectivity index (χ1n) is 10.0. The summed E-state index contributed by atoms with van der Waals surface area (Å²) < 4.78 is 12.5. The Hall–Kier alpha value is -3.17. The maximum Gasteiger partial charge on any atom is 0.412 e. The molecule has 1 aliphatic rings. The highest BCUT2D eigenvalue weighted by atomic mass is 16.5.